The Bertz CT molecular complexity index is 822. The molecule has 1 aromatic heterocycles. The molecule has 2 aromatic carbocycles. The molecule has 1 aliphatic rings. The second-order valence-electron chi connectivity index (χ2n) is 5.49. The van der Waals surface area contributed by atoms with Gasteiger partial charge in [-0.1, -0.05) is 24.3 Å². The van der Waals surface area contributed by atoms with E-state index in [0.29, 0.717) is 0 Å². The SMILES string of the molecule is CC1(C)C=Cc2c(ccc3oc4ccccc4c23)O1. The largest absolute Gasteiger partial charge is 0.483 e. The molecule has 1 aliphatic heterocycles. The molecule has 0 bridgehead atoms. The van der Waals surface area contributed by atoms with Gasteiger partial charge in [0, 0.05) is 16.3 Å². The van der Waals surface area contributed by atoms with Gasteiger partial charge in [0.15, 0.2) is 0 Å². The van der Waals surface area contributed by atoms with E-state index < -0.39 is 0 Å². The van der Waals surface area contributed by atoms with Crippen molar-refractivity contribution in [1.82, 2.24) is 0 Å². The third kappa shape index (κ3) is 1.49. The monoisotopic (exact) mass is 250 g/mol. The first kappa shape index (κ1) is 10.7. The molecule has 0 radical (unpaired) electrons. The summed E-state index contributed by atoms with van der Waals surface area (Å²) >= 11 is 0. The fourth-order valence-corrected chi connectivity index (χ4v) is 2.68. The Morgan fingerprint density at radius 3 is 2.68 bits per heavy atom. The first-order valence-electron chi connectivity index (χ1n) is 6.47. The molecule has 0 unspecified atom stereocenters. The molecule has 3 aromatic rings. The number of furan rings is 1. The molecule has 0 spiro atoms. The van der Waals surface area contributed by atoms with Gasteiger partial charge in [0.05, 0.1) is 0 Å². The van der Waals surface area contributed by atoms with Gasteiger partial charge >= 0.3 is 0 Å². The summed E-state index contributed by atoms with van der Waals surface area (Å²) in [6.07, 6.45) is 4.24. The lowest BCUT2D eigenvalue weighted by Gasteiger charge is -2.27. The average Bonchev–Trinajstić information content (AvgIpc) is 2.76. The highest BCUT2D eigenvalue weighted by molar-refractivity contribution is 6.10. The van der Waals surface area contributed by atoms with E-state index in [1.54, 1.807) is 0 Å². The van der Waals surface area contributed by atoms with Crippen molar-refractivity contribution in [2.45, 2.75) is 19.4 Å². The van der Waals surface area contributed by atoms with Crippen molar-refractivity contribution in [3.63, 3.8) is 0 Å². The summed E-state index contributed by atoms with van der Waals surface area (Å²) in [5, 5.41) is 2.28. The highest BCUT2D eigenvalue weighted by Gasteiger charge is 2.24. The average molecular weight is 250 g/mol. The van der Waals surface area contributed by atoms with Gasteiger partial charge in [-0.15, -0.1) is 0 Å². The van der Waals surface area contributed by atoms with Gasteiger partial charge in [0.1, 0.15) is 22.5 Å². The van der Waals surface area contributed by atoms with E-state index in [9.17, 15) is 0 Å². The minimum absolute atomic E-state index is 0.250. The van der Waals surface area contributed by atoms with Gasteiger partial charge in [0.2, 0.25) is 0 Å². The van der Waals surface area contributed by atoms with E-state index in [2.05, 4.69) is 32.1 Å². The van der Waals surface area contributed by atoms with Crippen LogP contribution >= 0.6 is 0 Å². The number of benzene rings is 2. The molecule has 0 saturated carbocycles. The molecule has 4 rings (SSSR count). The molecular weight excluding hydrogens is 236 g/mol. The molecule has 2 heteroatoms. The molecule has 0 atom stereocenters. The highest BCUT2D eigenvalue weighted by Crippen LogP contribution is 2.40. The van der Waals surface area contributed by atoms with Gasteiger partial charge in [0.25, 0.3) is 0 Å². The van der Waals surface area contributed by atoms with Crippen LogP contribution in [0.3, 0.4) is 0 Å². The predicted molar refractivity (Wildman–Crippen MR) is 77.5 cm³/mol. The maximum atomic E-state index is 6.02. The zero-order chi connectivity index (χ0) is 13.0. The molecule has 0 saturated heterocycles. The molecular formula is C17H14O2. The molecule has 19 heavy (non-hydrogen) atoms. The van der Waals surface area contributed by atoms with Crippen molar-refractivity contribution in [3.05, 3.63) is 48.0 Å². The molecule has 0 N–H and O–H groups in total. The van der Waals surface area contributed by atoms with Crippen molar-refractivity contribution < 1.29 is 9.15 Å². The summed E-state index contributed by atoms with van der Waals surface area (Å²) in [5.74, 6) is 0.923. The fraction of sp³-hybridized carbons (Fsp3) is 0.176. The molecule has 0 aliphatic carbocycles. The summed E-state index contributed by atoms with van der Waals surface area (Å²) in [4.78, 5) is 0. The number of rotatable bonds is 0. The van der Waals surface area contributed by atoms with Crippen LogP contribution in [0.4, 0.5) is 0 Å². The zero-order valence-corrected chi connectivity index (χ0v) is 10.9. The van der Waals surface area contributed by atoms with Crippen LogP contribution in [0.1, 0.15) is 19.4 Å². The van der Waals surface area contributed by atoms with E-state index >= 15 is 0 Å². The van der Waals surface area contributed by atoms with Gasteiger partial charge in [-0.05, 0) is 38.1 Å². The van der Waals surface area contributed by atoms with Crippen LogP contribution in [0.25, 0.3) is 28.0 Å². The molecule has 0 fully saturated rings. The van der Waals surface area contributed by atoms with E-state index in [-0.39, 0.29) is 5.60 Å². The van der Waals surface area contributed by atoms with Crippen molar-refractivity contribution >= 4 is 28.0 Å². The van der Waals surface area contributed by atoms with Gasteiger partial charge in [-0.2, -0.15) is 0 Å². The van der Waals surface area contributed by atoms with Crippen LogP contribution in [0.2, 0.25) is 0 Å². The lowest BCUT2D eigenvalue weighted by atomic mass is 9.98. The number of para-hydroxylation sites is 1. The van der Waals surface area contributed by atoms with Crippen LogP contribution in [-0.2, 0) is 0 Å². The summed E-state index contributed by atoms with van der Waals surface area (Å²) in [7, 11) is 0. The first-order chi connectivity index (χ1) is 9.14. The standard InChI is InChI=1S/C17H14O2/c1-17(2)10-9-12-14(19-17)7-8-15-16(12)11-5-3-4-6-13(11)18-15/h3-10H,1-2H3. The summed E-state index contributed by atoms with van der Waals surface area (Å²) in [6, 6.07) is 12.1. The minimum Gasteiger partial charge on any atom is -0.483 e. The Balaban J connectivity index is 2.13. The quantitative estimate of drug-likeness (QED) is 0.573. The number of ether oxygens (including phenoxy) is 1. The van der Waals surface area contributed by atoms with E-state index in [4.69, 9.17) is 9.15 Å². The first-order valence-corrected chi connectivity index (χ1v) is 6.47. The van der Waals surface area contributed by atoms with Crippen molar-refractivity contribution in [2.24, 2.45) is 0 Å². The highest BCUT2D eigenvalue weighted by atomic mass is 16.5. The maximum Gasteiger partial charge on any atom is 0.136 e. The van der Waals surface area contributed by atoms with Crippen molar-refractivity contribution in [2.75, 3.05) is 0 Å². The van der Waals surface area contributed by atoms with Gasteiger partial charge < -0.3 is 9.15 Å². The van der Waals surface area contributed by atoms with Crippen LogP contribution in [-0.4, -0.2) is 5.60 Å². The number of fused-ring (bicyclic) bond motifs is 5. The zero-order valence-electron chi connectivity index (χ0n) is 10.9. The number of hydrogen-bond acceptors (Lipinski definition) is 2. The molecule has 0 amide bonds. The van der Waals surface area contributed by atoms with E-state index in [0.717, 1.165) is 33.3 Å². The Morgan fingerprint density at radius 2 is 1.79 bits per heavy atom. The third-order valence-corrected chi connectivity index (χ3v) is 3.57. The van der Waals surface area contributed by atoms with E-state index in [1.807, 2.05) is 30.3 Å². The Hall–Kier alpha value is -2.22. The summed E-state index contributed by atoms with van der Waals surface area (Å²) < 4.78 is 11.9. The van der Waals surface area contributed by atoms with E-state index in [1.165, 1.54) is 0 Å². The second-order valence-corrected chi connectivity index (χ2v) is 5.49. The van der Waals surface area contributed by atoms with Crippen molar-refractivity contribution in [1.29, 1.82) is 0 Å². The van der Waals surface area contributed by atoms with Gasteiger partial charge in [-0.25, -0.2) is 0 Å². The van der Waals surface area contributed by atoms with Crippen LogP contribution in [0.15, 0.2) is 46.9 Å². The van der Waals surface area contributed by atoms with Crippen molar-refractivity contribution in [3.8, 4) is 5.75 Å². The van der Waals surface area contributed by atoms with Crippen LogP contribution < -0.4 is 4.74 Å². The summed E-state index contributed by atoms with van der Waals surface area (Å²) in [6.45, 7) is 4.12. The Labute approximate surface area is 111 Å². The minimum atomic E-state index is -0.250. The van der Waals surface area contributed by atoms with Gasteiger partial charge in [-0.3, -0.25) is 0 Å². The van der Waals surface area contributed by atoms with Crippen LogP contribution in [0, 0.1) is 0 Å². The fourth-order valence-electron chi connectivity index (χ4n) is 2.68. The predicted octanol–water partition coefficient (Wildman–Crippen LogP) is 4.77. The smallest absolute Gasteiger partial charge is 0.136 e. The second kappa shape index (κ2) is 3.41. The molecule has 2 heterocycles. The molecule has 94 valence electrons. The Kier molecular flexibility index (Phi) is 1.92. The number of hydrogen-bond donors (Lipinski definition) is 0. The Morgan fingerprint density at radius 1 is 0.947 bits per heavy atom. The lowest BCUT2D eigenvalue weighted by Crippen LogP contribution is -2.27. The summed E-state index contributed by atoms with van der Waals surface area (Å²) in [5.41, 5.74) is 2.69. The maximum absolute atomic E-state index is 6.02. The third-order valence-electron chi connectivity index (χ3n) is 3.57. The normalized spacial score (nSPS) is 16.5. The molecule has 2 nitrogen and oxygen atoms in total. The lowest BCUT2D eigenvalue weighted by molar-refractivity contribution is 0.159. The topological polar surface area (TPSA) is 22.4 Å². The van der Waals surface area contributed by atoms with Crippen LogP contribution in [0.5, 0.6) is 5.75 Å².